The molecule has 0 aromatic heterocycles. The number of benzene rings is 1. The predicted molar refractivity (Wildman–Crippen MR) is 83.7 cm³/mol. The van der Waals surface area contributed by atoms with E-state index in [1.165, 1.54) is 5.56 Å². The summed E-state index contributed by atoms with van der Waals surface area (Å²) in [7, 11) is 0. The van der Waals surface area contributed by atoms with Crippen LogP contribution in [0.4, 0.5) is 0 Å². The van der Waals surface area contributed by atoms with E-state index >= 15 is 0 Å². The van der Waals surface area contributed by atoms with Crippen molar-refractivity contribution in [1.29, 1.82) is 0 Å². The maximum absolute atomic E-state index is 12.7. The zero-order valence-electron chi connectivity index (χ0n) is 12.4. The van der Waals surface area contributed by atoms with Gasteiger partial charge in [-0.1, -0.05) is 0 Å². The van der Waals surface area contributed by atoms with E-state index < -0.39 is 20.5 Å². The Labute approximate surface area is 117 Å². The van der Waals surface area contributed by atoms with E-state index in [1.807, 2.05) is 6.07 Å². The summed E-state index contributed by atoms with van der Waals surface area (Å²) in [5.41, 5.74) is 1.17. The Bertz CT molecular complexity index is 401. The van der Waals surface area contributed by atoms with Gasteiger partial charge in [0.25, 0.3) is 0 Å². The molecule has 0 radical (unpaired) electrons. The molecular weight excluding hydrogens is 299 g/mol. The molecule has 0 heterocycles. The molecule has 1 atom stereocenters. The summed E-state index contributed by atoms with van der Waals surface area (Å²) in [4.78, 5) is 12.7. The molecule has 0 aliphatic heterocycles. The summed E-state index contributed by atoms with van der Waals surface area (Å²) in [5.74, 6) is 0. The molecule has 0 saturated heterocycles. The molecule has 100 valence electrons. The number of rotatable bonds is 4. The van der Waals surface area contributed by atoms with Gasteiger partial charge in [0, 0.05) is 0 Å². The molecule has 0 amide bonds. The normalized spacial score (nSPS) is 14.3. The van der Waals surface area contributed by atoms with Crippen LogP contribution in [0.2, 0.25) is 19.6 Å². The third-order valence-electron chi connectivity index (χ3n) is 2.88. The molecule has 0 spiro atoms. The number of hydrogen-bond donors (Lipinski definition) is 0. The number of carbonyl (C=O) groups excluding carboxylic acids is 1. The summed E-state index contributed by atoms with van der Waals surface area (Å²) < 4.78 is 0.568. The molecule has 3 heteroatoms. The number of carbonyl (C=O) groups is 1. The maximum atomic E-state index is 12.7. The van der Waals surface area contributed by atoms with Gasteiger partial charge in [-0.2, -0.15) is 0 Å². The van der Waals surface area contributed by atoms with Crippen LogP contribution in [0, 0.1) is 5.41 Å². The third kappa shape index (κ3) is 4.40. The van der Waals surface area contributed by atoms with E-state index in [-0.39, 0.29) is 5.41 Å². The predicted octanol–water partition coefficient (Wildman–Crippen LogP) is 3.83. The van der Waals surface area contributed by atoms with Crippen LogP contribution in [-0.2, 0) is 10.0 Å². The Hall–Kier alpha value is -0.335. The van der Waals surface area contributed by atoms with E-state index in [1.54, 1.807) is 0 Å². The van der Waals surface area contributed by atoms with E-state index in [9.17, 15) is 4.79 Å². The zero-order chi connectivity index (χ0) is 14.0. The van der Waals surface area contributed by atoms with Gasteiger partial charge in [0.2, 0.25) is 0 Å². The SMILES string of the molecule is CC(C)(C)C(=O)[As](Cc1ccccc1)[Si](C)(C)C. The van der Waals surface area contributed by atoms with Gasteiger partial charge >= 0.3 is 117 Å². The molecule has 0 aliphatic rings. The average molecular weight is 324 g/mol. The van der Waals surface area contributed by atoms with Crippen LogP contribution < -0.4 is 0 Å². The summed E-state index contributed by atoms with van der Waals surface area (Å²) in [6, 6.07) is 10.5. The number of hydrogen-bond acceptors (Lipinski definition) is 1. The van der Waals surface area contributed by atoms with Crippen LogP contribution in [-0.4, -0.2) is 25.1 Å². The van der Waals surface area contributed by atoms with Gasteiger partial charge in [-0.05, 0) is 0 Å². The Balaban J connectivity index is 2.98. The van der Waals surface area contributed by atoms with Crippen LogP contribution in [0.1, 0.15) is 26.3 Å². The van der Waals surface area contributed by atoms with E-state index in [0.717, 1.165) is 5.21 Å². The molecule has 0 N–H and O–H groups in total. The second kappa shape index (κ2) is 5.75. The quantitative estimate of drug-likeness (QED) is 0.769. The van der Waals surface area contributed by atoms with Crippen LogP contribution in [0.5, 0.6) is 0 Å². The van der Waals surface area contributed by atoms with Crippen LogP contribution >= 0.6 is 0 Å². The van der Waals surface area contributed by atoms with Crippen molar-refractivity contribution in [2.24, 2.45) is 5.41 Å². The van der Waals surface area contributed by atoms with Gasteiger partial charge in [-0.15, -0.1) is 0 Å². The molecule has 0 bridgehead atoms. The summed E-state index contributed by atoms with van der Waals surface area (Å²) in [6.07, 6.45) is 0. The first-order valence-corrected chi connectivity index (χ1v) is 15.0. The Kier molecular flexibility index (Phi) is 5.02. The molecule has 1 unspecified atom stereocenters. The van der Waals surface area contributed by atoms with Gasteiger partial charge in [-0.25, -0.2) is 0 Å². The van der Waals surface area contributed by atoms with Crippen molar-refractivity contribution in [2.75, 3.05) is 0 Å². The minimum atomic E-state index is -1.45. The van der Waals surface area contributed by atoms with Crippen LogP contribution in [0.3, 0.4) is 0 Å². The minimum absolute atomic E-state index is 0.172. The first-order valence-electron chi connectivity index (χ1n) is 6.48. The second-order valence-electron chi connectivity index (χ2n) is 6.80. The van der Waals surface area contributed by atoms with Gasteiger partial charge in [-0.3, -0.25) is 0 Å². The van der Waals surface area contributed by atoms with E-state index in [4.69, 9.17) is 0 Å². The summed E-state index contributed by atoms with van der Waals surface area (Å²) in [5, 5.41) is 1.04. The molecule has 1 aromatic rings. The van der Waals surface area contributed by atoms with E-state index in [2.05, 4.69) is 64.7 Å². The van der Waals surface area contributed by atoms with Gasteiger partial charge in [0.15, 0.2) is 0 Å². The second-order valence-corrected chi connectivity index (χ2v) is 25.7. The molecular formula is C15H25AsOSi. The Morgan fingerprint density at radius 1 is 1.11 bits per heavy atom. The van der Waals surface area contributed by atoms with Crippen molar-refractivity contribution < 1.29 is 4.79 Å². The first kappa shape index (κ1) is 15.7. The average Bonchev–Trinajstić information content (AvgIpc) is 2.23. The monoisotopic (exact) mass is 324 g/mol. The molecule has 0 saturated carbocycles. The zero-order valence-corrected chi connectivity index (χ0v) is 15.3. The molecule has 1 aromatic carbocycles. The topological polar surface area (TPSA) is 17.1 Å². The Morgan fingerprint density at radius 3 is 2.00 bits per heavy atom. The van der Waals surface area contributed by atoms with Crippen molar-refractivity contribution in [1.82, 2.24) is 0 Å². The van der Waals surface area contributed by atoms with Gasteiger partial charge in [0.1, 0.15) is 0 Å². The molecule has 1 rings (SSSR count). The fourth-order valence-electron chi connectivity index (χ4n) is 1.78. The fourth-order valence-corrected chi connectivity index (χ4v) is 15.6. The standard InChI is InChI=1S/C15H25AsOSi/c1-15(2,3)14(17)16(18(4,5)6)12-13-10-8-7-9-11-13/h7-11H,12H2,1-6H3. The van der Waals surface area contributed by atoms with Crippen molar-refractivity contribution >= 4 is 25.1 Å². The third-order valence-corrected chi connectivity index (χ3v) is 20.4. The first-order chi connectivity index (χ1) is 8.12. The van der Waals surface area contributed by atoms with Crippen LogP contribution in [0.25, 0.3) is 0 Å². The van der Waals surface area contributed by atoms with Gasteiger partial charge in [0.05, 0.1) is 0 Å². The molecule has 18 heavy (non-hydrogen) atoms. The summed E-state index contributed by atoms with van der Waals surface area (Å²) in [6.45, 7) is 12.0. The molecule has 0 aliphatic carbocycles. The Morgan fingerprint density at radius 2 is 1.61 bits per heavy atom. The fraction of sp³-hybridized carbons (Fsp3) is 0.533. The van der Waals surface area contributed by atoms with Crippen molar-refractivity contribution in [3.8, 4) is 0 Å². The van der Waals surface area contributed by atoms with Crippen molar-refractivity contribution in [2.45, 2.75) is 45.6 Å². The molecule has 1 nitrogen and oxygen atoms in total. The molecule has 0 fully saturated rings. The van der Waals surface area contributed by atoms with E-state index in [0.29, 0.717) is 4.57 Å². The summed E-state index contributed by atoms with van der Waals surface area (Å²) >= 11 is -1.45. The van der Waals surface area contributed by atoms with Crippen LogP contribution in [0.15, 0.2) is 30.3 Å². The van der Waals surface area contributed by atoms with Gasteiger partial charge < -0.3 is 0 Å². The van der Waals surface area contributed by atoms with Crippen molar-refractivity contribution in [3.05, 3.63) is 35.9 Å². The van der Waals surface area contributed by atoms with Crippen molar-refractivity contribution in [3.63, 3.8) is 0 Å².